The van der Waals surface area contributed by atoms with Crippen molar-refractivity contribution in [3.05, 3.63) is 57.8 Å². The van der Waals surface area contributed by atoms with Crippen LogP contribution in [-0.2, 0) is 11.3 Å². The maximum absolute atomic E-state index is 11.9. The molecule has 0 aliphatic rings. The summed E-state index contributed by atoms with van der Waals surface area (Å²) in [6, 6.07) is 8.78. The Labute approximate surface area is 111 Å². The molecule has 3 nitrogen and oxygen atoms in total. The van der Waals surface area contributed by atoms with Gasteiger partial charge in [0.2, 0.25) is 5.91 Å². The Bertz CT molecular complexity index is 522. The Hall–Kier alpha value is -1.65. The highest BCUT2D eigenvalue weighted by Gasteiger charge is 2.15. The van der Waals surface area contributed by atoms with Gasteiger partial charge in [-0.05, 0) is 34.4 Å². The van der Waals surface area contributed by atoms with Crippen molar-refractivity contribution in [2.45, 2.75) is 19.5 Å². The highest BCUT2D eigenvalue weighted by Crippen LogP contribution is 2.14. The van der Waals surface area contributed by atoms with Crippen molar-refractivity contribution in [3.63, 3.8) is 0 Å². The van der Waals surface area contributed by atoms with Gasteiger partial charge in [0.05, 0.1) is 0 Å². The third kappa shape index (κ3) is 2.97. The van der Waals surface area contributed by atoms with Crippen molar-refractivity contribution >= 4 is 17.2 Å². The molecule has 1 aromatic heterocycles. The van der Waals surface area contributed by atoms with Gasteiger partial charge in [-0.1, -0.05) is 30.3 Å². The van der Waals surface area contributed by atoms with E-state index in [0.29, 0.717) is 6.54 Å². The summed E-state index contributed by atoms with van der Waals surface area (Å²) in [6.07, 6.45) is 0. The Morgan fingerprint density at radius 2 is 2.06 bits per heavy atom. The SMILES string of the molecule is Cc1cscc1CNC(=O)[C@H](N)c1ccccc1. The molecule has 0 aliphatic heterocycles. The van der Waals surface area contributed by atoms with Gasteiger partial charge in [-0.25, -0.2) is 0 Å². The first-order valence-corrected chi connectivity index (χ1v) is 6.72. The molecule has 18 heavy (non-hydrogen) atoms. The molecular formula is C14H16N2OS. The summed E-state index contributed by atoms with van der Waals surface area (Å²) in [6.45, 7) is 2.57. The zero-order valence-corrected chi connectivity index (χ0v) is 11.0. The third-order valence-electron chi connectivity index (χ3n) is 2.86. The number of thiophene rings is 1. The number of carbonyl (C=O) groups is 1. The zero-order chi connectivity index (χ0) is 13.0. The molecule has 2 rings (SSSR count). The molecule has 94 valence electrons. The molecule has 0 radical (unpaired) electrons. The first-order valence-electron chi connectivity index (χ1n) is 5.78. The van der Waals surface area contributed by atoms with E-state index in [1.165, 1.54) is 5.56 Å². The molecule has 0 saturated carbocycles. The summed E-state index contributed by atoms with van der Waals surface area (Å²) in [7, 11) is 0. The molecule has 0 saturated heterocycles. The number of nitrogens with one attached hydrogen (secondary N) is 1. The van der Waals surface area contributed by atoms with Gasteiger partial charge in [0, 0.05) is 6.54 Å². The minimum absolute atomic E-state index is 0.146. The predicted octanol–water partition coefficient (Wildman–Crippen LogP) is 2.37. The van der Waals surface area contributed by atoms with Crippen molar-refractivity contribution in [1.29, 1.82) is 0 Å². The fraction of sp³-hybridized carbons (Fsp3) is 0.214. The highest BCUT2D eigenvalue weighted by molar-refractivity contribution is 7.08. The van der Waals surface area contributed by atoms with Crippen LogP contribution >= 0.6 is 11.3 Å². The standard InChI is InChI=1S/C14H16N2OS/c1-10-8-18-9-12(10)7-16-14(17)13(15)11-5-3-2-4-6-11/h2-6,8-9,13H,7,15H2,1H3,(H,16,17)/t13-/m1/s1. The maximum atomic E-state index is 11.9. The van der Waals surface area contributed by atoms with Gasteiger partial charge in [0.25, 0.3) is 0 Å². The molecule has 2 aromatic rings. The lowest BCUT2D eigenvalue weighted by molar-refractivity contribution is -0.122. The van der Waals surface area contributed by atoms with Crippen LogP contribution in [-0.4, -0.2) is 5.91 Å². The average Bonchev–Trinajstić information content (AvgIpc) is 2.81. The number of aryl methyl sites for hydroxylation is 1. The van der Waals surface area contributed by atoms with Crippen LogP contribution in [0.15, 0.2) is 41.1 Å². The first-order chi connectivity index (χ1) is 8.68. The van der Waals surface area contributed by atoms with Crippen LogP contribution < -0.4 is 11.1 Å². The maximum Gasteiger partial charge on any atom is 0.241 e. The Morgan fingerprint density at radius 3 is 2.67 bits per heavy atom. The summed E-state index contributed by atoms with van der Waals surface area (Å²) in [5.74, 6) is -0.146. The molecule has 4 heteroatoms. The van der Waals surface area contributed by atoms with E-state index in [2.05, 4.69) is 10.7 Å². The van der Waals surface area contributed by atoms with Crippen molar-refractivity contribution in [2.24, 2.45) is 5.73 Å². The fourth-order valence-electron chi connectivity index (χ4n) is 1.67. The summed E-state index contributed by atoms with van der Waals surface area (Å²) in [4.78, 5) is 11.9. The first kappa shape index (κ1) is 12.8. The van der Waals surface area contributed by atoms with E-state index in [9.17, 15) is 4.79 Å². The molecule has 1 aromatic carbocycles. The van der Waals surface area contributed by atoms with Crippen LogP contribution in [0.1, 0.15) is 22.7 Å². The van der Waals surface area contributed by atoms with Gasteiger partial charge < -0.3 is 11.1 Å². The number of carbonyl (C=O) groups excluding carboxylic acids is 1. The van der Waals surface area contributed by atoms with E-state index >= 15 is 0 Å². The van der Waals surface area contributed by atoms with Gasteiger partial charge >= 0.3 is 0 Å². The number of hydrogen-bond donors (Lipinski definition) is 2. The van der Waals surface area contributed by atoms with Crippen LogP contribution in [0.2, 0.25) is 0 Å². The van der Waals surface area contributed by atoms with Crippen molar-refractivity contribution < 1.29 is 4.79 Å². The molecule has 1 amide bonds. The van der Waals surface area contributed by atoms with E-state index < -0.39 is 6.04 Å². The summed E-state index contributed by atoms with van der Waals surface area (Å²) >= 11 is 1.64. The summed E-state index contributed by atoms with van der Waals surface area (Å²) in [5.41, 5.74) is 9.09. The van der Waals surface area contributed by atoms with Gasteiger partial charge in [0.1, 0.15) is 6.04 Å². The van der Waals surface area contributed by atoms with Crippen LogP contribution in [0.4, 0.5) is 0 Å². The molecule has 0 spiro atoms. The quantitative estimate of drug-likeness (QED) is 0.886. The normalized spacial score (nSPS) is 12.1. The number of rotatable bonds is 4. The smallest absolute Gasteiger partial charge is 0.241 e. The van der Waals surface area contributed by atoms with Crippen molar-refractivity contribution in [2.75, 3.05) is 0 Å². The average molecular weight is 260 g/mol. The van der Waals surface area contributed by atoms with Gasteiger partial charge in [-0.3, -0.25) is 4.79 Å². The lowest BCUT2D eigenvalue weighted by Gasteiger charge is -2.12. The van der Waals surface area contributed by atoms with Gasteiger partial charge in [0.15, 0.2) is 0 Å². The number of hydrogen-bond acceptors (Lipinski definition) is 3. The second-order valence-corrected chi connectivity index (χ2v) is 4.93. The Balaban J connectivity index is 1.95. The minimum atomic E-state index is -0.606. The summed E-state index contributed by atoms with van der Waals surface area (Å²) < 4.78 is 0. The molecule has 0 aliphatic carbocycles. The van der Waals surface area contributed by atoms with Crippen LogP contribution in [0.25, 0.3) is 0 Å². The molecule has 1 atom stereocenters. The van der Waals surface area contributed by atoms with Crippen LogP contribution in [0, 0.1) is 6.92 Å². The largest absolute Gasteiger partial charge is 0.350 e. The third-order valence-corrected chi connectivity index (χ3v) is 3.77. The molecule has 1 heterocycles. The lowest BCUT2D eigenvalue weighted by Crippen LogP contribution is -2.33. The molecule has 0 fully saturated rings. The van der Waals surface area contributed by atoms with Crippen molar-refractivity contribution in [3.8, 4) is 0 Å². The van der Waals surface area contributed by atoms with Crippen LogP contribution in [0.5, 0.6) is 0 Å². The predicted molar refractivity (Wildman–Crippen MR) is 74.3 cm³/mol. The highest BCUT2D eigenvalue weighted by atomic mass is 32.1. The Morgan fingerprint density at radius 1 is 1.33 bits per heavy atom. The Kier molecular flexibility index (Phi) is 4.12. The van der Waals surface area contributed by atoms with Gasteiger partial charge in [-0.15, -0.1) is 0 Å². The number of nitrogens with two attached hydrogens (primary N) is 1. The second-order valence-electron chi connectivity index (χ2n) is 4.19. The van der Waals surface area contributed by atoms with E-state index in [4.69, 9.17) is 5.73 Å². The number of benzene rings is 1. The van der Waals surface area contributed by atoms with E-state index in [-0.39, 0.29) is 5.91 Å². The van der Waals surface area contributed by atoms with E-state index in [1.807, 2.05) is 42.6 Å². The fourth-order valence-corrected chi connectivity index (χ4v) is 2.53. The molecular weight excluding hydrogens is 244 g/mol. The molecule has 0 bridgehead atoms. The molecule has 3 N–H and O–H groups in total. The van der Waals surface area contributed by atoms with Gasteiger partial charge in [-0.2, -0.15) is 11.3 Å². The topological polar surface area (TPSA) is 55.1 Å². The monoisotopic (exact) mass is 260 g/mol. The van der Waals surface area contributed by atoms with E-state index in [1.54, 1.807) is 11.3 Å². The summed E-state index contributed by atoms with van der Waals surface area (Å²) in [5, 5.41) is 6.98. The lowest BCUT2D eigenvalue weighted by atomic mass is 10.1. The number of amides is 1. The van der Waals surface area contributed by atoms with E-state index in [0.717, 1.165) is 11.1 Å². The van der Waals surface area contributed by atoms with Crippen molar-refractivity contribution in [1.82, 2.24) is 5.32 Å². The second kappa shape index (κ2) is 5.80. The molecule has 0 unspecified atom stereocenters. The minimum Gasteiger partial charge on any atom is -0.350 e. The van der Waals surface area contributed by atoms with Crippen LogP contribution in [0.3, 0.4) is 0 Å². The zero-order valence-electron chi connectivity index (χ0n) is 10.2.